The Balaban J connectivity index is 1.78. The van der Waals surface area contributed by atoms with E-state index >= 15 is 0 Å². The Labute approximate surface area is 197 Å². The van der Waals surface area contributed by atoms with Crippen LogP contribution in [-0.4, -0.2) is 18.8 Å². The summed E-state index contributed by atoms with van der Waals surface area (Å²) in [6, 6.07) is 18.6. The summed E-state index contributed by atoms with van der Waals surface area (Å²) in [5.74, 6) is 0.685. The van der Waals surface area contributed by atoms with Crippen LogP contribution in [0.15, 0.2) is 77.3 Å². The van der Waals surface area contributed by atoms with E-state index in [9.17, 15) is 9.59 Å². The number of Topliss-reactive ketones (excluding diaryl/α,β-unsaturated/α-hetero) is 1. The number of thiophene rings is 1. The number of carbonyl (C=O) groups excluding carboxylic acids is 2. The predicted molar refractivity (Wildman–Crippen MR) is 132 cm³/mol. The molecule has 2 aliphatic rings. The molecule has 0 fully saturated rings. The maximum atomic E-state index is 13.9. The van der Waals surface area contributed by atoms with Crippen molar-refractivity contribution in [1.29, 1.82) is 0 Å². The topological polar surface area (TPSA) is 58.6 Å². The minimum atomic E-state index is -0.541. The van der Waals surface area contributed by atoms with Gasteiger partial charge in [-0.2, -0.15) is 0 Å². The summed E-state index contributed by atoms with van der Waals surface area (Å²) in [6.07, 6.45) is 1.17. The van der Waals surface area contributed by atoms with Gasteiger partial charge in [-0.15, -0.1) is 11.3 Å². The average molecular weight is 459 g/mol. The number of anilines is 2. The van der Waals surface area contributed by atoms with E-state index in [2.05, 4.69) is 19.2 Å². The normalized spacial score (nSPS) is 19.3. The summed E-state index contributed by atoms with van der Waals surface area (Å²) in [5.41, 5.74) is 3.87. The van der Waals surface area contributed by atoms with Gasteiger partial charge in [0.1, 0.15) is 5.75 Å². The molecule has 0 saturated heterocycles. The third-order valence-electron chi connectivity index (χ3n) is 6.28. The first kappa shape index (κ1) is 21.5. The van der Waals surface area contributed by atoms with E-state index in [1.807, 2.05) is 66.0 Å². The molecule has 1 N–H and O–H groups in total. The van der Waals surface area contributed by atoms with Gasteiger partial charge < -0.3 is 10.1 Å². The lowest BCUT2D eigenvalue weighted by atomic mass is 9.73. The molecular weight excluding hydrogens is 432 g/mol. The molecule has 5 nitrogen and oxygen atoms in total. The molecule has 1 aliphatic heterocycles. The van der Waals surface area contributed by atoms with Gasteiger partial charge in [-0.1, -0.05) is 44.2 Å². The third kappa shape index (κ3) is 3.85. The van der Waals surface area contributed by atoms with Crippen LogP contribution in [0.4, 0.5) is 11.4 Å². The Morgan fingerprint density at radius 1 is 1.06 bits per heavy atom. The van der Waals surface area contributed by atoms with E-state index in [-0.39, 0.29) is 17.1 Å². The molecule has 33 heavy (non-hydrogen) atoms. The zero-order valence-corrected chi connectivity index (χ0v) is 19.7. The first-order valence-electron chi connectivity index (χ1n) is 11.0. The quantitative estimate of drug-likeness (QED) is 0.507. The molecule has 1 atom stereocenters. The van der Waals surface area contributed by atoms with Gasteiger partial charge in [-0.25, -0.2) is 0 Å². The monoisotopic (exact) mass is 458 g/mol. The van der Waals surface area contributed by atoms with Gasteiger partial charge >= 0.3 is 0 Å². The molecule has 1 unspecified atom stereocenters. The average Bonchev–Trinajstić information content (AvgIpc) is 3.28. The zero-order chi connectivity index (χ0) is 23.2. The number of nitrogens with one attached hydrogen (secondary N) is 1. The predicted octanol–water partition coefficient (Wildman–Crippen LogP) is 6.21. The van der Waals surface area contributed by atoms with Gasteiger partial charge in [0, 0.05) is 17.7 Å². The second-order valence-corrected chi connectivity index (χ2v) is 10.3. The first-order valence-corrected chi connectivity index (χ1v) is 11.9. The lowest BCUT2D eigenvalue weighted by Gasteiger charge is -2.37. The van der Waals surface area contributed by atoms with Gasteiger partial charge in [0.05, 0.1) is 29.4 Å². The summed E-state index contributed by atoms with van der Waals surface area (Å²) in [6.45, 7) is 4.23. The molecule has 0 radical (unpaired) electrons. The van der Waals surface area contributed by atoms with Crippen LogP contribution in [0.2, 0.25) is 0 Å². The number of amides is 1. The van der Waals surface area contributed by atoms with Crippen LogP contribution in [0.25, 0.3) is 0 Å². The first-order chi connectivity index (χ1) is 15.9. The van der Waals surface area contributed by atoms with Crippen molar-refractivity contribution in [3.05, 3.63) is 87.8 Å². The highest BCUT2D eigenvalue weighted by molar-refractivity contribution is 7.12. The molecule has 2 aromatic carbocycles. The highest BCUT2D eigenvalue weighted by Gasteiger charge is 2.43. The highest BCUT2D eigenvalue weighted by Crippen LogP contribution is 2.48. The van der Waals surface area contributed by atoms with Crippen LogP contribution in [0, 0.1) is 5.41 Å². The van der Waals surface area contributed by atoms with E-state index in [4.69, 9.17) is 4.74 Å². The number of fused-ring (bicyclic) bond motifs is 1. The molecule has 1 amide bonds. The molecule has 6 heteroatoms. The number of nitrogens with zero attached hydrogens (tertiary/aromatic N) is 1. The van der Waals surface area contributed by atoms with E-state index in [1.165, 1.54) is 11.3 Å². The Morgan fingerprint density at radius 2 is 1.82 bits per heavy atom. The lowest BCUT2D eigenvalue weighted by Crippen LogP contribution is -2.39. The molecule has 3 aromatic rings. The van der Waals surface area contributed by atoms with Crippen molar-refractivity contribution < 1.29 is 14.3 Å². The maximum Gasteiger partial charge on any atom is 0.269 e. The molecular formula is C27H26N2O3S. The molecule has 0 saturated carbocycles. The van der Waals surface area contributed by atoms with Gasteiger partial charge in [0.15, 0.2) is 5.78 Å². The van der Waals surface area contributed by atoms with Crippen molar-refractivity contribution in [3.63, 3.8) is 0 Å². The van der Waals surface area contributed by atoms with Crippen LogP contribution in [0.5, 0.6) is 5.75 Å². The number of carbonyl (C=O) groups is 2. The van der Waals surface area contributed by atoms with Crippen molar-refractivity contribution in [2.45, 2.75) is 32.7 Å². The largest absolute Gasteiger partial charge is 0.497 e. The second-order valence-electron chi connectivity index (χ2n) is 9.30. The minimum Gasteiger partial charge on any atom is -0.497 e. The van der Waals surface area contributed by atoms with Crippen molar-refractivity contribution in [3.8, 4) is 5.75 Å². The van der Waals surface area contributed by atoms with Crippen LogP contribution < -0.4 is 15.0 Å². The van der Waals surface area contributed by atoms with E-state index in [1.54, 1.807) is 12.0 Å². The number of ether oxygens (including phenoxy) is 1. The Kier molecular flexibility index (Phi) is 5.33. The number of benzene rings is 2. The number of methoxy groups -OCH3 is 1. The number of hydrogen-bond acceptors (Lipinski definition) is 5. The van der Waals surface area contributed by atoms with Crippen molar-refractivity contribution in [2.24, 2.45) is 5.41 Å². The summed E-state index contributed by atoms with van der Waals surface area (Å²) >= 11 is 1.41. The van der Waals surface area contributed by atoms with E-state index in [0.29, 0.717) is 16.9 Å². The van der Waals surface area contributed by atoms with Gasteiger partial charge in [0.25, 0.3) is 5.91 Å². The number of rotatable bonds is 3. The second kappa shape index (κ2) is 8.19. The summed E-state index contributed by atoms with van der Waals surface area (Å²) < 4.78 is 5.36. The van der Waals surface area contributed by atoms with Crippen molar-refractivity contribution >= 4 is 34.4 Å². The molecule has 2 heterocycles. The molecule has 0 bridgehead atoms. The fraction of sp³-hybridized carbons (Fsp3) is 0.259. The van der Waals surface area contributed by atoms with Crippen molar-refractivity contribution in [1.82, 2.24) is 0 Å². The van der Waals surface area contributed by atoms with Crippen LogP contribution >= 0.6 is 11.3 Å². The van der Waals surface area contributed by atoms with Crippen LogP contribution in [0.3, 0.4) is 0 Å². The summed E-state index contributed by atoms with van der Waals surface area (Å²) in [7, 11) is 1.63. The standard InChI is InChI=1S/C27H26N2O3S/c1-27(2)15-20-24(22(30)16-27)25(17-10-12-18(32-3)13-11-17)29(26(31)23-9-6-14-33-23)21-8-5-4-7-19(21)28-20/h4-14,25,28H,15-16H2,1-3H3. The smallest absolute Gasteiger partial charge is 0.269 e. The highest BCUT2D eigenvalue weighted by atomic mass is 32.1. The molecule has 1 aliphatic carbocycles. The maximum absolute atomic E-state index is 13.9. The van der Waals surface area contributed by atoms with Gasteiger partial charge in [-0.3, -0.25) is 14.5 Å². The number of allylic oxidation sites excluding steroid dienone is 1. The molecule has 0 spiro atoms. The van der Waals surface area contributed by atoms with Gasteiger partial charge in [-0.05, 0) is 53.1 Å². The Bertz CT molecular complexity index is 1240. The summed E-state index contributed by atoms with van der Waals surface area (Å²) in [4.78, 5) is 30.0. The van der Waals surface area contributed by atoms with Crippen LogP contribution in [0.1, 0.15) is 48.0 Å². The molecule has 5 rings (SSSR count). The van der Waals surface area contributed by atoms with Gasteiger partial charge in [0.2, 0.25) is 0 Å². The third-order valence-corrected chi connectivity index (χ3v) is 7.14. The Morgan fingerprint density at radius 3 is 2.52 bits per heavy atom. The molecule has 168 valence electrons. The zero-order valence-electron chi connectivity index (χ0n) is 18.9. The fourth-order valence-corrected chi connectivity index (χ4v) is 5.49. The van der Waals surface area contributed by atoms with Crippen molar-refractivity contribution in [2.75, 3.05) is 17.3 Å². The minimum absolute atomic E-state index is 0.0753. The van der Waals surface area contributed by atoms with E-state index in [0.717, 1.165) is 34.8 Å². The lowest BCUT2D eigenvalue weighted by molar-refractivity contribution is -0.118. The fourth-order valence-electron chi connectivity index (χ4n) is 4.83. The SMILES string of the molecule is COc1ccc(C2C3=C(CC(C)(C)CC3=O)Nc3ccccc3N2C(=O)c2cccs2)cc1. The number of para-hydroxylation sites is 2. The summed E-state index contributed by atoms with van der Waals surface area (Å²) in [5, 5.41) is 5.44. The van der Waals surface area contributed by atoms with Crippen LogP contribution in [-0.2, 0) is 4.79 Å². The number of ketones is 1. The number of hydrogen-bond donors (Lipinski definition) is 1. The molecule has 1 aromatic heterocycles. The Hall–Kier alpha value is -3.38. The van der Waals surface area contributed by atoms with E-state index < -0.39 is 6.04 Å².